The lowest BCUT2D eigenvalue weighted by atomic mass is 10.0. The van der Waals surface area contributed by atoms with Gasteiger partial charge in [-0.15, -0.1) is 0 Å². The van der Waals surface area contributed by atoms with Crippen LogP contribution in [0.25, 0.3) is 22.0 Å². The smallest absolute Gasteiger partial charge is 0.387 e. The number of halogens is 2. The SMILES string of the molecule is O=C(CO)N1CCN(c2ncc(-c3ccc4c(=O)n5n(c4c3)[C@@H](c3ccccc3OC(F)F)CC5)cn2)CC1. The molecular weight excluding hydrogens is 510 g/mol. The van der Waals surface area contributed by atoms with Crippen molar-refractivity contribution in [1.82, 2.24) is 24.2 Å². The number of amides is 1. The third-order valence-electron chi connectivity index (χ3n) is 7.40. The van der Waals surface area contributed by atoms with Crippen molar-refractivity contribution in [2.45, 2.75) is 25.6 Å². The van der Waals surface area contributed by atoms with Crippen LogP contribution in [-0.4, -0.2) is 74.6 Å². The molecule has 0 bridgehead atoms. The molecule has 0 saturated carbocycles. The standard InChI is InChI=1S/C27H26F2N6O4/c28-26(29)39-23-4-2-1-3-19(23)21-7-8-34-25(38)20-6-5-17(13-22(20)35(21)34)18-14-30-27(31-15-18)33-11-9-32(10-12-33)24(37)16-36/h1-6,13-15,21,26,36H,7-12,16H2/t21-/m1/s1. The highest BCUT2D eigenvalue weighted by molar-refractivity contribution is 5.85. The number of ether oxygens (including phenoxy) is 1. The predicted octanol–water partition coefficient (Wildman–Crippen LogP) is 2.50. The first-order valence-electron chi connectivity index (χ1n) is 12.7. The van der Waals surface area contributed by atoms with Crippen LogP contribution in [0.15, 0.2) is 59.7 Å². The zero-order valence-corrected chi connectivity index (χ0v) is 20.9. The van der Waals surface area contributed by atoms with Gasteiger partial charge in [-0.2, -0.15) is 8.78 Å². The van der Waals surface area contributed by atoms with Crippen LogP contribution in [-0.2, 0) is 11.3 Å². The topological polar surface area (TPSA) is 106 Å². The van der Waals surface area contributed by atoms with E-state index in [4.69, 9.17) is 9.84 Å². The summed E-state index contributed by atoms with van der Waals surface area (Å²) in [6.45, 7) is -0.874. The molecular formula is C27H26F2N6O4. The van der Waals surface area contributed by atoms with E-state index in [-0.39, 0.29) is 23.3 Å². The van der Waals surface area contributed by atoms with E-state index < -0.39 is 13.2 Å². The van der Waals surface area contributed by atoms with Crippen LogP contribution in [0.5, 0.6) is 5.75 Å². The van der Waals surface area contributed by atoms with Crippen LogP contribution in [0, 0.1) is 0 Å². The molecule has 0 radical (unpaired) electrons. The number of aliphatic hydroxyl groups excluding tert-OH is 1. The Balaban J connectivity index is 1.30. The Hall–Kier alpha value is -4.32. The molecule has 6 rings (SSSR count). The second-order valence-corrected chi connectivity index (χ2v) is 9.52. The number of anilines is 1. The normalized spacial score (nSPS) is 17.2. The predicted molar refractivity (Wildman–Crippen MR) is 139 cm³/mol. The number of aromatic nitrogens is 4. The highest BCUT2D eigenvalue weighted by atomic mass is 19.3. The number of fused-ring (bicyclic) bond motifs is 3. The number of nitrogens with zero attached hydrogens (tertiary/aromatic N) is 6. The van der Waals surface area contributed by atoms with Gasteiger partial charge in [-0.25, -0.2) is 14.6 Å². The first-order chi connectivity index (χ1) is 18.9. The van der Waals surface area contributed by atoms with E-state index in [2.05, 4.69) is 9.97 Å². The zero-order valence-electron chi connectivity index (χ0n) is 20.9. The van der Waals surface area contributed by atoms with Gasteiger partial charge in [0.2, 0.25) is 11.9 Å². The number of piperazine rings is 1. The molecule has 2 aromatic heterocycles. The van der Waals surface area contributed by atoms with Gasteiger partial charge in [0, 0.05) is 56.2 Å². The molecule has 1 fully saturated rings. The van der Waals surface area contributed by atoms with Gasteiger partial charge in [0.15, 0.2) is 0 Å². The third kappa shape index (κ3) is 4.50. The molecule has 4 heterocycles. The molecule has 0 aliphatic carbocycles. The Bertz CT molecular complexity index is 1580. The van der Waals surface area contributed by atoms with Gasteiger partial charge < -0.3 is 19.6 Å². The molecule has 39 heavy (non-hydrogen) atoms. The van der Waals surface area contributed by atoms with Crippen LogP contribution in [0.2, 0.25) is 0 Å². The number of para-hydroxylation sites is 1. The Kier molecular flexibility index (Phi) is 6.47. The molecule has 202 valence electrons. The van der Waals surface area contributed by atoms with Crippen LogP contribution in [0.3, 0.4) is 0 Å². The molecule has 10 nitrogen and oxygen atoms in total. The number of rotatable bonds is 6. The molecule has 2 aromatic carbocycles. The van der Waals surface area contributed by atoms with E-state index in [1.807, 2.05) is 21.7 Å². The van der Waals surface area contributed by atoms with Crippen molar-refractivity contribution in [3.63, 3.8) is 0 Å². The summed E-state index contributed by atoms with van der Waals surface area (Å²) in [4.78, 5) is 37.5. The van der Waals surface area contributed by atoms with Crippen molar-refractivity contribution in [1.29, 1.82) is 0 Å². The summed E-state index contributed by atoms with van der Waals surface area (Å²) in [6.07, 6.45) is 4.02. The monoisotopic (exact) mass is 536 g/mol. The minimum absolute atomic E-state index is 0.0990. The van der Waals surface area contributed by atoms with Crippen LogP contribution in [0.4, 0.5) is 14.7 Å². The van der Waals surface area contributed by atoms with Gasteiger partial charge in [0.25, 0.3) is 5.56 Å². The van der Waals surface area contributed by atoms with Gasteiger partial charge in [0.1, 0.15) is 12.4 Å². The van der Waals surface area contributed by atoms with Gasteiger partial charge in [0.05, 0.1) is 16.9 Å². The average molecular weight is 537 g/mol. The molecule has 4 aromatic rings. The zero-order chi connectivity index (χ0) is 27.1. The summed E-state index contributed by atoms with van der Waals surface area (Å²) in [5.74, 6) is 0.361. The summed E-state index contributed by atoms with van der Waals surface area (Å²) >= 11 is 0. The number of alkyl halides is 2. The summed E-state index contributed by atoms with van der Waals surface area (Å²) < 4.78 is 34.4. The van der Waals surface area contributed by atoms with Crippen LogP contribution < -0.4 is 15.2 Å². The minimum atomic E-state index is -2.95. The highest BCUT2D eigenvalue weighted by Crippen LogP contribution is 2.37. The second-order valence-electron chi connectivity index (χ2n) is 9.52. The maximum atomic E-state index is 13.1. The third-order valence-corrected chi connectivity index (χ3v) is 7.40. The lowest BCUT2D eigenvalue weighted by molar-refractivity contribution is -0.134. The molecule has 0 unspecified atom stereocenters. The summed E-state index contributed by atoms with van der Waals surface area (Å²) in [6, 6.07) is 11.9. The largest absolute Gasteiger partial charge is 0.434 e. The average Bonchev–Trinajstić information content (AvgIpc) is 3.52. The fourth-order valence-corrected chi connectivity index (χ4v) is 5.50. The minimum Gasteiger partial charge on any atom is -0.434 e. The first kappa shape index (κ1) is 25.0. The van der Waals surface area contributed by atoms with Crippen molar-refractivity contribution < 1.29 is 23.4 Å². The van der Waals surface area contributed by atoms with Gasteiger partial charge >= 0.3 is 6.61 Å². The lowest BCUT2D eigenvalue weighted by Crippen LogP contribution is -2.50. The Labute approximate surface area is 221 Å². The van der Waals surface area contributed by atoms with E-state index >= 15 is 0 Å². The number of hydrogen-bond acceptors (Lipinski definition) is 7. The Morgan fingerprint density at radius 2 is 1.77 bits per heavy atom. The maximum Gasteiger partial charge on any atom is 0.387 e. The van der Waals surface area contributed by atoms with Crippen molar-refractivity contribution in [2.75, 3.05) is 37.7 Å². The summed E-state index contributed by atoms with van der Waals surface area (Å²) in [5, 5.41) is 9.61. The van der Waals surface area contributed by atoms with E-state index in [9.17, 15) is 18.4 Å². The molecule has 2 aliphatic heterocycles. The number of hydrogen-bond donors (Lipinski definition) is 1. The number of carbonyl (C=O) groups is 1. The number of aliphatic hydroxyl groups is 1. The van der Waals surface area contributed by atoms with E-state index in [1.165, 1.54) is 6.07 Å². The van der Waals surface area contributed by atoms with E-state index in [0.29, 0.717) is 61.6 Å². The number of benzene rings is 2. The second kappa shape index (κ2) is 10.1. The summed E-state index contributed by atoms with van der Waals surface area (Å²) in [7, 11) is 0. The molecule has 0 spiro atoms. The molecule has 2 aliphatic rings. The van der Waals surface area contributed by atoms with Crippen LogP contribution in [0.1, 0.15) is 18.0 Å². The number of carbonyl (C=O) groups excluding carboxylic acids is 1. The van der Waals surface area contributed by atoms with Crippen LogP contribution >= 0.6 is 0 Å². The summed E-state index contributed by atoms with van der Waals surface area (Å²) in [5.41, 5.74) is 2.74. The molecule has 12 heteroatoms. The van der Waals surface area contributed by atoms with Gasteiger partial charge in [-0.05, 0) is 30.2 Å². The van der Waals surface area contributed by atoms with E-state index in [1.54, 1.807) is 46.2 Å². The molecule has 1 amide bonds. The molecule has 1 atom stereocenters. The highest BCUT2D eigenvalue weighted by Gasteiger charge is 2.30. The van der Waals surface area contributed by atoms with Crippen molar-refractivity contribution in [3.05, 3.63) is 70.8 Å². The van der Waals surface area contributed by atoms with Gasteiger partial charge in [-0.1, -0.05) is 24.3 Å². The first-order valence-corrected chi connectivity index (χ1v) is 12.7. The fourth-order valence-electron chi connectivity index (χ4n) is 5.50. The Morgan fingerprint density at radius 3 is 2.49 bits per heavy atom. The lowest BCUT2D eigenvalue weighted by Gasteiger charge is -2.34. The maximum absolute atomic E-state index is 13.1. The van der Waals surface area contributed by atoms with Crippen molar-refractivity contribution in [3.8, 4) is 16.9 Å². The molecule has 1 saturated heterocycles. The van der Waals surface area contributed by atoms with Crippen molar-refractivity contribution in [2.24, 2.45) is 0 Å². The van der Waals surface area contributed by atoms with E-state index in [0.717, 1.165) is 11.1 Å². The Morgan fingerprint density at radius 1 is 1.03 bits per heavy atom. The molecule has 1 N–H and O–H groups in total. The van der Waals surface area contributed by atoms with Crippen molar-refractivity contribution >= 4 is 22.8 Å². The fraction of sp³-hybridized carbons (Fsp3) is 0.333. The quantitative estimate of drug-likeness (QED) is 0.404. The van der Waals surface area contributed by atoms with Gasteiger partial charge in [-0.3, -0.25) is 14.3 Å².